The molecule has 0 bridgehead atoms. The molecule has 1 aliphatic rings. The predicted octanol–water partition coefficient (Wildman–Crippen LogP) is 4.46. The average Bonchev–Trinajstić information content (AvgIpc) is 3.07. The summed E-state index contributed by atoms with van der Waals surface area (Å²) in [5.41, 5.74) is 2.38. The van der Waals surface area contributed by atoms with Gasteiger partial charge < -0.3 is 19.5 Å². The third-order valence-electron chi connectivity index (χ3n) is 4.91. The minimum absolute atomic E-state index is 0.0731. The van der Waals surface area contributed by atoms with E-state index < -0.39 is 5.79 Å². The van der Waals surface area contributed by atoms with Crippen LogP contribution in [0.2, 0.25) is 0 Å². The van der Waals surface area contributed by atoms with Gasteiger partial charge in [0.2, 0.25) is 0 Å². The summed E-state index contributed by atoms with van der Waals surface area (Å²) in [6, 6.07) is 20.7. The van der Waals surface area contributed by atoms with Crippen LogP contribution < -0.4 is 5.32 Å². The molecule has 0 radical (unpaired) electrons. The zero-order chi connectivity index (χ0) is 19.8. The number of hydrogen-bond donors (Lipinski definition) is 1. The molecular formula is C24H31NO3. The van der Waals surface area contributed by atoms with Crippen molar-refractivity contribution in [1.82, 2.24) is 5.32 Å². The Labute approximate surface area is 168 Å². The summed E-state index contributed by atoms with van der Waals surface area (Å²) in [6.07, 6.45) is 2.44. The molecule has 4 heteroatoms. The van der Waals surface area contributed by atoms with E-state index in [1.807, 2.05) is 44.2 Å². The zero-order valence-electron chi connectivity index (χ0n) is 16.8. The highest BCUT2D eigenvalue weighted by atomic mass is 16.7. The van der Waals surface area contributed by atoms with Crippen LogP contribution in [0.5, 0.6) is 0 Å². The molecule has 0 amide bonds. The standard InChI is InChI=1S/C24H31NO3/c1-4-11-21(25-16-19-12-7-5-8-13-19)23(22-18-27-24(2,3)28-22)26-17-20-14-9-6-10-15-20/h4-10,12-15,21-23,25H,1,11,16-18H2,2-3H3/t21?,22-,23-/m0/s1. The number of ether oxygens (including phenoxy) is 3. The minimum atomic E-state index is -0.586. The summed E-state index contributed by atoms with van der Waals surface area (Å²) < 4.78 is 18.4. The lowest BCUT2D eigenvalue weighted by molar-refractivity contribution is -0.161. The maximum Gasteiger partial charge on any atom is 0.163 e. The smallest absolute Gasteiger partial charge is 0.163 e. The fourth-order valence-electron chi connectivity index (χ4n) is 3.48. The van der Waals surface area contributed by atoms with Crippen molar-refractivity contribution < 1.29 is 14.2 Å². The third-order valence-corrected chi connectivity index (χ3v) is 4.91. The Morgan fingerprint density at radius 3 is 2.32 bits per heavy atom. The third kappa shape index (κ3) is 6.01. The van der Waals surface area contributed by atoms with Crippen LogP contribution in [-0.4, -0.2) is 30.6 Å². The summed E-state index contributed by atoms with van der Waals surface area (Å²) >= 11 is 0. The molecule has 1 unspecified atom stereocenters. The van der Waals surface area contributed by atoms with Gasteiger partial charge in [0.1, 0.15) is 12.2 Å². The summed E-state index contributed by atoms with van der Waals surface area (Å²) in [4.78, 5) is 0. The Morgan fingerprint density at radius 2 is 1.75 bits per heavy atom. The molecule has 0 spiro atoms. The van der Waals surface area contributed by atoms with Crippen molar-refractivity contribution in [1.29, 1.82) is 0 Å². The second-order valence-corrected chi connectivity index (χ2v) is 7.63. The highest BCUT2D eigenvalue weighted by Crippen LogP contribution is 2.28. The first-order valence-electron chi connectivity index (χ1n) is 9.93. The van der Waals surface area contributed by atoms with E-state index in [-0.39, 0.29) is 18.2 Å². The number of benzene rings is 2. The maximum absolute atomic E-state index is 6.39. The minimum Gasteiger partial charge on any atom is -0.369 e. The molecule has 3 atom stereocenters. The molecule has 0 aliphatic carbocycles. The topological polar surface area (TPSA) is 39.7 Å². The lowest BCUT2D eigenvalue weighted by Gasteiger charge is -2.32. The molecule has 1 saturated heterocycles. The first-order chi connectivity index (χ1) is 13.6. The van der Waals surface area contributed by atoms with Crippen molar-refractivity contribution in [3.8, 4) is 0 Å². The van der Waals surface area contributed by atoms with Crippen molar-refractivity contribution in [2.24, 2.45) is 0 Å². The van der Waals surface area contributed by atoms with E-state index >= 15 is 0 Å². The van der Waals surface area contributed by atoms with Gasteiger partial charge in [-0.05, 0) is 31.4 Å². The lowest BCUT2D eigenvalue weighted by atomic mass is 10.0. The molecule has 0 aromatic heterocycles. The van der Waals surface area contributed by atoms with Gasteiger partial charge in [-0.25, -0.2) is 0 Å². The normalized spacial score (nSPS) is 20.6. The molecule has 1 N–H and O–H groups in total. The molecule has 150 valence electrons. The van der Waals surface area contributed by atoms with Crippen LogP contribution in [0.25, 0.3) is 0 Å². The van der Waals surface area contributed by atoms with E-state index in [0.29, 0.717) is 13.2 Å². The van der Waals surface area contributed by atoms with E-state index in [0.717, 1.165) is 18.5 Å². The van der Waals surface area contributed by atoms with Crippen molar-refractivity contribution in [2.75, 3.05) is 6.61 Å². The molecule has 1 aliphatic heterocycles. The van der Waals surface area contributed by atoms with Crippen LogP contribution >= 0.6 is 0 Å². The first kappa shape index (κ1) is 20.7. The molecule has 0 saturated carbocycles. The molecule has 2 aromatic rings. The maximum atomic E-state index is 6.39. The quantitative estimate of drug-likeness (QED) is 0.617. The molecule has 4 nitrogen and oxygen atoms in total. The van der Waals surface area contributed by atoms with Gasteiger partial charge in [-0.15, -0.1) is 6.58 Å². The first-order valence-corrected chi connectivity index (χ1v) is 9.93. The molecule has 2 aromatic carbocycles. The van der Waals surface area contributed by atoms with Crippen molar-refractivity contribution >= 4 is 0 Å². The number of hydrogen-bond acceptors (Lipinski definition) is 4. The Morgan fingerprint density at radius 1 is 1.11 bits per heavy atom. The highest BCUT2D eigenvalue weighted by molar-refractivity contribution is 5.15. The zero-order valence-corrected chi connectivity index (χ0v) is 16.8. The van der Waals surface area contributed by atoms with Crippen LogP contribution in [0, 0.1) is 0 Å². The van der Waals surface area contributed by atoms with Crippen LogP contribution in [0.15, 0.2) is 73.3 Å². The van der Waals surface area contributed by atoms with Crippen LogP contribution in [0.4, 0.5) is 0 Å². The van der Waals surface area contributed by atoms with Gasteiger partial charge in [0.05, 0.1) is 13.2 Å². The van der Waals surface area contributed by atoms with Gasteiger partial charge in [0.25, 0.3) is 0 Å². The second-order valence-electron chi connectivity index (χ2n) is 7.63. The summed E-state index contributed by atoms with van der Waals surface area (Å²) in [5, 5.41) is 3.65. The fourth-order valence-corrected chi connectivity index (χ4v) is 3.48. The van der Waals surface area contributed by atoms with Gasteiger partial charge in [-0.3, -0.25) is 0 Å². The van der Waals surface area contributed by atoms with Gasteiger partial charge in [0, 0.05) is 12.6 Å². The van der Waals surface area contributed by atoms with E-state index in [1.54, 1.807) is 0 Å². The van der Waals surface area contributed by atoms with Crippen LogP contribution in [0.3, 0.4) is 0 Å². The van der Waals surface area contributed by atoms with E-state index in [4.69, 9.17) is 14.2 Å². The highest BCUT2D eigenvalue weighted by Gasteiger charge is 2.40. The molecule has 28 heavy (non-hydrogen) atoms. The second kappa shape index (κ2) is 9.99. The Bertz CT molecular complexity index is 717. The Kier molecular flexibility index (Phi) is 7.40. The van der Waals surface area contributed by atoms with E-state index in [9.17, 15) is 0 Å². The SMILES string of the molecule is C=CCC(NCc1ccccc1)[C@H](OCc1ccccc1)[C@@H]1COC(C)(C)O1. The van der Waals surface area contributed by atoms with Crippen LogP contribution in [0.1, 0.15) is 31.4 Å². The van der Waals surface area contributed by atoms with E-state index in [2.05, 4.69) is 48.3 Å². The Hall–Kier alpha value is -1.98. The monoisotopic (exact) mass is 381 g/mol. The molecular weight excluding hydrogens is 350 g/mol. The fraction of sp³-hybridized carbons (Fsp3) is 0.417. The van der Waals surface area contributed by atoms with Crippen molar-refractivity contribution in [2.45, 2.75) is 57.5 Å². The predicted molar refractivity (Wildman–Crippen MR) is 112 cm³/mol. The lowest BCUT2D eigenvalue weighted by Crippen LogP contribution is -2.48. The average molecular weight is 382 g/mol. The van der Waals surface area contributed by atoms with Gasteiger partial charge >= 0.3 is 0 Å². The summed E-state index contributed by atoms with van der Waals surface area (Å²) in [7, 11) is 0. The summed E-state index contributed by atoms with van der Waals surface area (Å²) in [6.45, 7) is 9.66. The van der Waals surface area contributed by atoms with Crippen molar-refractivity contribution in [3.05, 3.63) is 84.4 Å². The van der Waals surface area contributed by atoms with Crippen molar-refractivity contribution in [3.63, 3.8) is 0 Å². The summed E-state index contributed by atoms with van der Waals surface area (Å²) in [5.74, 6) is -0.586. The Balaban J connectivity index is 1.72. The van der Waals surface area contributed by atoms with E-state index in [1.165, 1.54) is 5.56 Å². The molecule has 1 heterocycles. The molecule has 3 rings (SSSR count). The number of rotatable bonds is 10. The number of nitrogens with one attached hydrogen (secondary N) is 1. The van der Waals surface area contributed by atoms with Crippen LogP contribution in [-0.2, 0) is 27.4 Å². The van der Waals surface area contributed by atoms with Gasteiger partial charge in [0.15, 0.2) is 5.79 Å². The molecule has 1 fully saturated rings. The van der Waals surface area contributed by atoms with Gasteiger partial charge in [-0.2, -0.15) is 0 Å². The van der Waals surface area contributed by atoms with Gasteiger partial charge in [-0.1, -0.05) is 66.7 Å². The largest absolute Gasteiger partial charge is 0.369 e.